The molecule has 1 aromatic heterocycles. The maximum atomic E-state index is 13.2. The summed E-state index contributed by atoms with van der Waals surface area (Å²) in [5, 5.41) is 4.37. The van der Waals surface area contributed by atoms with Crippen molar-refractivity contribution in [3.8, 4) is 28.1 Å². The van der Waals surface area contributed by atoms with Gasteiger partial charge in [-0.25, -0.2) is 4.98 Å². The van der Waals surface area contributed by atoms with E-state index in [0.29, 0.717) is 33.8 Å². The lowest BCUT2D eigenvalue weighted by Gasteiger charge is -2.23. The highest BCUT2D eigenvalue weighted by atomic mass is 35.5. The predicted octanol–water partition coefficient (Wildman–Crippen LogP) is 7.73. The smallest absolute Gasteiger partial charge is 0.270 e. The molecule has 0 saturated heterocycles. The van der Waals surface area contributed by atoms with E-state index in [9.17, 15) is 4.79 Å². The first-order valence-corrected chi connectivity index (χ1v) is 14.1. The lowest BCUT2D eigenvalue weighted by molar-refractivity contribution is 0.0923. The Kier molecular flexibility index (Phi) is 9.69. The third-order valence-electron chi connectivity index (χ3n) is 7.15. The number of rotatable bonds is 9. The summed E-state index contributed by atoms with van der Waals surface area (Å²) in [5.41, 5.74) is 5.85. The summed E-state index contributed by atoms with van der Waals surface area (Å²) in [6, 6.07) is 13.6. The lowest BCUT2D eigenvalue weighted by atomic mass is 9.95. The molecule has 1 fully saturated rings. The Hall–Kier alpha value is -2.60. The van der Waals surface area contributed by atoms with Gasteiger partial charge in [0.2, 0.25) is 0 Å². The van der Waals surface area contributed by atoms with Gasteiger partial charge in [-0.05, 0) is 94.7 Å². The minimum atomic E-state index is -0.148. The zero-order valence-electron chi connectivity index (χ0n) is 22.7. The first-order chi connectivity index (χ1) is 18.2. The van der Waals surface area contributed by atoms with Crippen LogP contribution in [0.4, 0.5) is 0 Å². The van der Waals surface area contributed by atoms with Gasteiger partial charge in [0.05, 0.1) is 17.3 Å². The van der Waals surface area contributed by atoms with Gasteiger partial charge in [0.1, 0.15) is 11.4 Å². The van der Waals surface area contributed by atoms with Crippen molar-refractivity contribution in [2.45, 2.75) is 58.4 Å². The number of halogens is 2. The van der Waals surface area contributed by atoms with Crippen LogP contribution in [0.15, 0.2) is 42.5 Å². The van der Waals surface area contributed by atoms with E-state index in [1.54, 1.807) is 6.07 Å². The second kappa shape index (κ2) is 13.0. The zero-order valence-corrected chi connectivity index (χ0v) is 24.3. The van der Waals surface area contributed by atoms with Crippen molar-refractivity contribution in [2.75, 3.05) is 27.2 Å². The molecule has 202 valence electrons. The summed E-state index contributed by atoms with van der Waals surface area (Å²) in [7, 11) is 4.08. The SMILES string of the molecule is Cc1cc(Cl)c(-c2ccc(C(=O)NC3CCCCC3)nc2-c2ccc(Cl)c(OCCCN(C)C)c2)cc1C. The summed E-state index contributed by atoms with van der Waals surface area (Å²) in [6.45, 7) is 5.58. The Morgan fingerprint density at radius 2 is 1.71 bits per heavy atom. The Bertz CT molecular complexity index is 1290. The molecule has 1 aliphatic carbocycles. The Morgan fingerprint density at radius 1 is 0.974 bits per heavy atom. The van der Waals surface area contributed by atoms with E-state index in [4.69, 9.17) is 32.9 Å². The Morgan fingerprint density at radius 3 is 2.45 bits per heavy atom. The molecule has 0 atom stereocenters. The molecule has 5 nitrogen and oxygen atoms in total. The summed E-state index contributed by atoms with van der Waals surface area (Å²) in [4.78, 5) is 20.2. The fraction of sp³-hybridized carbons (Fsp3) is 0.419. The second-order valence-electron chi connectivity index (χ2n) is 10.5. The van der Waals surface area contributed by atoms with E-state index in [-0.39, 0.29) is 11.9 Å². The molecule has 0 radical (unpaired) electrons. The number of nitrogens with zero attached hydrogens (tertiary/aromatic N) is 2. The number of aryl methyl sites for hydroxylation is 2. The molecule has 1 heterocycles. The number of pyridine rings is 1. The molecule has 1 N–H and O–H groups in total. The standard InChI is InChI=1S/C31H37Cl2N3O2/c1-20-17-25(27(33)18-21(20)2)24-12-14-28(31(37)34-23-9-6-5-7-10-23)35-30(24)22-11-13-26(32)29(19-22)38-16-8-15-36(3)4/h11-14,17-19,23H,5-10,15-16H2,1-4H3,(H,34,37). The Balaban J connectivity index is 1.73. The van der Waals surface area contributed by atoms with Gasteiger partial charge in [0.15, 0.2) is 0 Å². The van der Waals surface area contributed by atoms with Gasteiger partial charge in [0, 0.05) is 34.3 Å². The normalized spacial score (nSPS) is 14.1. The van der Waals surface area contributed by atoms with Crippen LogP contribution < -0.4 is 10.1 Å². The summed E-state index contributed by atoms with van der Waals surface area (Å²) in [5.74, 6) is 0.448. The van der Waals surface area contributed by atoms with Crippen LogP contribution in [0.2, 0.25) is 10.0 Å². The van der Waals surface area contributed by atoms with Crippen molar-refractivity contribution in [1.29, 1.82) is 0 Å². The molecule has 0 bridgehead atoms. The molecular formula is C31H37Cl2N3O2. The van der Waals surface area contributed by atoms with Gasteiger partial charge in [-0.3, -0.25) is 4.79 Å². The van der Waals surface area contributed by atoms with E-state index in [2.05, 4.69) is 23.2 Å². The molecule has 4 rings (SSSR count). The number of nitrogens with one attached hydrogen (secondary N) is 1. The van der Waals surface area contributed by atoms with E-state index >= 15 is 0 Å². The molecule has 3 aromatic rings. The van der Waals surface area contributed by atoms with Gasteiger partial charge in [-0.15, -0.1) is 0 Å². The molecule has 0 spiro atoms. The average molecular weight is 555 g/mol. The molecule has 2 aromatic carbocycles. The lowest BCUT2D eigenvalue weighted by Crippen LogP contribution is -2.36. The number of carbonyl (C=O) groups excluding carboxylic acids is 1. The quantitative estimate of drug-likeness (QED) is 0.275. The first kappa shape index (κ1) is 28.4. The summed E-state index contributed by atoms with van der Waals surface area (Å²) in [6.07, 6.45) is 6.44. The number of aromatic nitrogens is 1. The number of amides is 1. The number of ether oxygens (including phenoxy) is 1. The maximum Gasteiger partial charge on any atom is 0.270 e. The Labute approximate surface area is 236 Å². The molecule has 1 aliphatic rings. The van der Waals surface area contributed by atoms with Crippen LogP contribution in [0.25, 0.3) is 22.4 Å². The van der Waals surface area contributed by atoms with Gasteiger partial charge < -0.3 is 15.0 Å². The monoisotopic (exact) mass is 553 g/mol. The van der Waals surface area contributed by atoms with Crippen molar-refractivity contribution in [2.24, 2.45) is 0 Å². The van der Waals surface area contributed by atoms with Crippen molar-refractivity contribution in [3.05, 3.63) is 69.3 Å². The number of hydrogen-bond donors (Lipinski definition) is 1. The third-order valence-corrected chi connectivity index (χ3v) is 7.78. The summed E-state index contributed by atoms with van der Waals surface area (Å²) < 4.78 is 6.04. The fourth-order valence-corrected chi connectivity index (χ4v) is 5.33. The predicted molar refractivity (Wildman–Crippen MR) is 158 cm³/mol. The van der Waals surface area contributed by atoms with Crippen LogP contribution >= 0.6 is 23.2 Å². The van der Waals surface area contributed by atoms with Gasteiger partial charge in [-0.2, -0.15) is 0 Å². The molecule has 0 aliphatic heterocycles. The zero-order chi connectivity index (χ0) is 27.2. The van der Waals surface area contributed by atoms with E-state index in [1.807, 2.05) is 51.4 Å². The summed E-state index contributed by atoms with van der Waals surface area (Å²) >= 11 is 13.2. The van der Waals surface area contributed by atoms with E-state index in [1.165, 1.54) is 6.42 Å². The molecule has 1 saturated carbocycles. The minimum absolute atomic E-state index is 0.148. The second-order valence-corrected chi connectivity index (χ2v) is 11.3. The molecule has 38 heavy (non-hydrogen) atoms. The number of carbonyl (C=O) groups is 1. The largest absolute Gasteiger partial charge is 0.492 e. The molecule has 0 unspecified atom stereocenters. The molecular weight excluding hydrogens is 517 g/mol. The van der Waals surface area contributed by atoms with Crippen LogP contribution in [-0.2, 0) is 0 Å². The van der Waals surface area contributed by atoms with Gasteiger partial charge in [0.25, 0.3) is 5.91 Å². The van der Waals surface area contributed by atoms with Crippen LogP contribution in [0.1, 0.15) is 60.1 Å². The van der Waals surface area contributed by atoms with Gasteiger partial charge in [-0.1, -0.05) is 48.5 Å². The highest BCUT2D eigenvalue weighted by Crippen LogP contribution is 2.39. The van der Waals surface area contributed by atoms with E-state index in [0.717, 1.165) is 66.5 Å². The van der Waals surface area contributed by atoms with Crippen molar-refractivity contribution >= 4 is 29.1 Å². The van der Waals surface area contributed by atoms with Crippen LogP contribution in [0, 0.1) is 13.8 Å². The molecule has 7 heteroatoms. The van der Waals surface area contributed by atoms with E-state index < -0.39 is 0 Å². The fourth-order valence-electron chi connectivity index (χ4n) is 4.84. The maximum absolute atomic E-state index is 13.2. The third kappa shape index (κ3) is 7.07. The average Bonchev–Trinajstić information content (AvgIpc) is 2.90. The highest BCUT2D eigenvalue weighted by Gasteiger charge is 2.21. The minimum Gasteiger partial charge on any atom is -0.492 e. The molecule has 1 amide bonds. The number of hydrogen-bond acceptors (Lipinski definition) is 4. The van der Waals surface area contributed by atoms with Crippen LogP contribution in [0.3, 0.4) is 0 Å². The van der Waals surface area contributed by atoms with Crippen molar-refractivity contribution in [3.63, 3.8) is 0 Å². The first-order valence-electron chi connectivity index (χ1n) is 13.4. The number of benzene rings is 2. The topological polar surface area (TPSA) is 54.5 Å². The van der Waals surface area contributed by atoms with Crippen molar-refractivity contribution in [1.82, 2.24) is 15.2 Å². The van der Waals surface area contributed by atoms with Gasteiger partial charge >= 0.3 is 0 Å². The van der Waals surface area contributed by atoms with Crippen LogP contribution in [-0.4, -0.2) is 49.1 Å². The highest BCUT2D eigenvalue weighted by molar-refractivity contribution is 6.33. The van der Waals surface area contributed by atoms with Crippen molar-refractivity contribution < 1.29 is 9.53 Å². The van der Waals surface area contributed by atoms with Crippen LogP contribution in [0.5, 0.6) is 5.75 Å².